The molecule has 0 bridgehead atoms. The highest BCUT2D eigenvalue weighted by molar-refractivity contribution is 6.10. The Morgan fingerprint density at radius 1 is 1.00 bits per heavy atom. The third-order valence-corrected chi connectivity index (χ3v) is 2.85. The van der Waals surface area contributed by atoms with Crippen molar-refractivity contribution in [3.05, 3.63) is 77.6 Å². The summed E-state index contributed by atoms with van der Waals surface area (Å²) in [5, 5.41) is 0. The molecule has 96 valence electrons. The minimum atomic E-state index is -0.0277. The summed E-state index contributed by atoms with van der Waals surface area (Å²) in [7, 11) is 0. The maximum atomic E-state index is 12.4. The number of ketones is 1. The van der Waals surface area contributed by atoms with Crippen LogP contribution < -0.4 is 4.74 Å². The highest BCUT2D eigenvalue weighted by atomic mass is 16.5. The predicted molar refractivity (Wildman–Crippen MR) is 76.4 cm³/mol. The zero-order valence-corrected chi connectivity index (χ0v) is 11.1. The van der Waals surface area contributed by atoms with Gasteiger partial charge in [-0.1, -0.05) is 42.5 Å². The molecule has 0 N–H and O–H groups in total. The van der Waals surface area contributed by atoms with Crippen LogP contribution in [0.2, 0.25) is 0 Å². The molecule has 0 saturated carbocycles. The van der Waals surface area contributed by atoms with Crippen molar-refractivity contribution in [2.24, 2.45) is 0 Å². The molecule has 2 aromatic carbocycles. The van der Waals surface area contributed by atoms with Gasteiger partial charge in [-0.3, -0.25) is 4.79 Å². The molecule has 0 unspecified atom stereocenters. The van der Waals surface area contributed by atoms with Crippen LogP contribution in [-0.4, -0.2) is 5.78 Å². The molecular formula is C17H16O2. The molecule has 2 heteroatoms. The molecule has 0 heterocycles. The molecule has 0 fully saturated rings. The van der Waals surface area contributed by atoms with Crippen LogP contribution in [0, 0.1) is 0 Å². The van der Waals surface area contributed by atoms with Gasteiger partial charge in [-0.05, 0) is 32.1 Å². The van der Waals surface area contributed by atoms with Crippen LogP contribution in [0.4, 0.5) is 0 Å². The van der Waals surface area contributed by atoms with Gasteiger partial charge < -0.3 is 4.74 Å². The Bertz CT molecular complexity index is 598. The lowest BCUT2D eigenvalue weighted by Crippen LogP contribution is -2.04. The summed E-state index contributed by atoms with van der Waals surface area (Å²) in [5.41, 5.74) is 1.24. The number of ether oxygens (including phenoxy) is 1. The Labute approximate surface area is 113 Å². The lowest BCUT2D eigenvalue weighted by molar-refractivity contribution is 0.103. The summed E-state index contributed by atoms with van der Waals surface area (Å²) in [5.74, 6) is 1.33. The van der Waals surface area contributed by atoms with Crippen molar-refractivity contribution in [2.45, 2.75) is 13.8 Å². The third kappa shape index (κ3) is 3.10. The van der Waals surface area contributed by atoms with Gasteiger partial charge in [0, 0.05) is 5.56 Å². The molecule has 0 amide bonds. The number of carbonyl (C=O) groups excluding carboxylic acids is 1. The first-order valence-corrected chi connectivity index (χ1v) is 6.22. The SMILES string of the molecule is CC=C(C)Oc1ccccc1C(=O)c1ccccc1. The summed E-state index contributed by atoms with van der Waals surface area (Å²) in [6.07, 6.45) is 1.86. The molecule has 0 aromatic heterocycles. The molecule has 0 spiro atoms. The van der Waals surface area contributed by atoms with E-state index in [0.29, 0.717) is 16.9 Å². The van der Waals surface area contributed by atoms with Crippen LogP contribution in [0.25, 0.3) is 0 Å². The average Bonchev–Trinajstić information content (AvgIpc) is 2.48. The lowest BCUT2D eigenvalue weighted by Gasteiger charge is -2.10. The van der Waals surface area contributed by atoms with Gasteiger partial charge in [-0.25, -0.2) is 0 Å². The number of hydrogen-bond acceptors (Lipinski definition) is 2. The van der Waals surface area contributed by atoms with E-state index in [2.05, 4.69) is 0 Å². The molecule has 0 radical (unpaired) electrons. The topological polar surface area (TPSA) is 26.3 Å². The second-order valence-electron chi connectivity index (χ2n) is 4.19. The number of para-hydroxylation sites is 1. The first-order valence-electron chi connectivity index (χ1n) is 6.22. The van der Waals surface area contributed by atoms with Crippen molar-refractivity contribution in [3.63, 3.8) is 0 Å². The van der Waals surface area contributed by atoms with Crippen LogP contribution in [0.5, 0.6) is 5.75 Å². The molecule has 2 nitrogen and oxygen atoms in total. The number of carbonyl (C=O) groups is 1. The zero-order chi connectivity index (χ0) is 13.7. The predicted octanol–water partition coefficient (Wildman–Crippen LogP) is 4.22. The average molecular weight is 252 g/mol. The van der Waals surface area contributed by atoms with Gasteiger partial charge in [-0.2, -0.15) is 0 Å². The van der Waals surface area contributed by atoms with Crippen LogP contribution in [0.1, 0.15) is 29.8 Å². The maximum Gasteiger partial charge on any atom is 0.196 e. The normalized spacial score (nSPS) is 11.2. The number of benzene rings is 2. The summed E-state index contributed by atoms with van der Waals surface area (Å²) in [6.45, 7) is 3.76. The van der Waals surface area contributed by atoms with Gasteiger partial charge in [0.25, 0.3) is 0 Å². The fourth-order valence-corrected chi connectivity index (χ4v) is 1.72. The van der Waals surface area contributed by atoms with E-state index >= 15 is 0 Å². The standard InChI is InChI=1S/C17H16O2/c1-3-13(2)19-16-12-8-7-11-15(16)17(18)14-9-5-4-6-10-14/h3-12H,1-2H3. The zero-order valence-electron chi connectivity index (χ0n) is 11.1. The van der Waals surface area contributed by atoms with Gasteiger partial charge >= 0.3 is 0 Å². The van der Waals surface area contributed by atoms with E-state index in [9.17, 15) is 4.79 Å². The van der Waals surface area contributed by atoms with Crippen molar-refractivity contribution >= 4 is 5.78 Å². The van der Waals surface area contributed by atoms with Crippen LogP contribution >= 0.6 is 0 Å². The monoisotopic (exact) mass is 252 g/mol. The molecule has 2 rings (SSSR count). The van der Waals surface area contributed by atoms with E-state index in [4.69, 9.17) is 4.74 Å². The molecule has 0 saturated heterocycles. The maximum absolute atomic E-state index is 12.4. The molecule has 0 aliphatic rings. The molecular weight excluding hydrogens is 236 g/mol. The van der Waals surface area contributed by atoms with Crippen LogP contribution in [0.15, 0.2) is 66.4 Å². The van der Waals surface area contributed by atoms with Crippen LogP contribution in [-0.2, 0) is 0 Å². The van der Waals surface area contributed by atoms with Gasteiger partial charge in [0.05, 0.1) is 11.3 Å². The Morgan fingerprint density at radius 3 is 2.32 bits per heavy atom. The van der Waals surface area contributed by atoms with Crippen molar-refractivity contribution in [2.75, 3.05) is 0 Å². The third-order valence-electron chi connectivity index (χ3n) is 2.85. The smallest absolute Gasteiger partial charge is 0.196 e. The van der Waals surface area contributed by atoms with Gasteiger partial charge in [0.1, 0.15) is 5.75 Å². The quantitative estimate of drug-likeness (QED) is 0.601. The van der Waals surface area contributed by atoms with Gasteiger partial charge in [0.2, 0.25) is 0 Å². The van der Waals surface area contributed by atoms with Gasteiger partial charge in [-0.15, -0.1) is 0 Å². The lowest BCUT2D eigenvalue weighted by atomic mass is 10.0. The minimum absolute atomic E-state index is 0.0277. The summed E-state index contributed by atoms with van der Waals surface area (Å²) in [4.78, 5) is 12.4. The Balaban J connectivity index is 2.37. The Morgan fingerprint density at radius 2 is 1.63 bits per heavy atom. The first-order chi connectivity index (χ1) is 9.22. The van der Waals surface area contributed by atoms with E-state index in [1.165, 1.54) is 0 Å². The van der Waals surface area contributed by atoms with Gasteiger partial charge in [0.15, 0.2) is 5.78 Å². The summed E-state index contributed by atoms with van der Waals surface area (Å²) < 4.78 is 5.68. The highest BCUT2D eigenvalue weighted by Crippen LogP contribution is 2.23. The Kier molecular flexibility index (Phi) is 4.14. The minimum Gasteiger partial charge on any atom is -0.462 e. The summed E-state index contributed by atoms with van der Waals surface area (Å²) >= 11 is 0. The summed E-state index contributed by atoms with van der Waals surface area (Å²) in [6, 6.07) is 16.5. The number of allylic oxidation sites excluding steroid dienone is 2. The van der Waals surface area contributed by atoms with E-state index in [1.54, 1.807) is 6.07 Å². The number of hydrogen-bond donors (Lipinski definition) is 0. The first kappa shape index (κ1) is 13.1. The fourth-order valence-electron chi connectivity index (χ4n) is 1.72. The van der Waals surface area contributed by atoms with Crippen molar-refractivity contribution < 1.29 is 9.53 Å². The number of rotatable bonds is 4. The largest absolute Gasteiger partial charge is 0.462 e. The van der Waals surface area contributed by atoms with Crippen molar-refractivity contribution in [1.29, 1.82) is 0 Å². The molecule has 19 heavy (non-hydrogen) atoms. The molecule has 0 aliphatic carbocycles. The molecule has 0 atom stereocenters. The molecule has 2 aromatic rings. The second-order valence-corrected chi connectivity index (χ2v) is 4.19. The van der Waals surface area contributed by atoms with E-state index in [-0.39, 0.29) is 5.78 Å². The fraction of sp³-hybridized carbons (Fsp3) is 0.118. The Hall–Kier alpha value is -2.35. The molecule has 0 aliphatic heterocycles. The second kappa shape index (κ2) is 6.01. The highest BCUT2D eigenvalue weighted by Gasteiger charge is 2.14. The van der Waals surface area contributed by atoms with E-state index in [1.807, 2.05) is 68.5 Å². The van der Waals surface area contributed by atoms with Crippen molar-refractivity contribution in [3.8, 4) is 5.75 Å². The van der Waals surface area contributed by atoms with E-state index < -0.39 is 0 Å². The van der Waals surface area contributed by atoms with E-state index in [0.717, 1.165) is 5.76 Å². The van der Waals surface area contributed by atoms with Crippen molar-refractivity contribution in [1.82, 2.24) is 0 Å². The van der Waals surface area contributed by atoms with Crippen LogP contribution in [0.3, 0.4) is 0 Å².